The molecule has 0 spiro atoms. The summed E-state index contributed by atoms with van der Waals surface area (Å²) < 4.78 is 12.1. The molecule has 0 aromatic carbocycles. The summed E-state index contributed by atoms with van der Waals surface area (Å²) in [5.41, 5.74) is 2.38. The van der Waals surface area contributed by atoms with Crippen molar-refractivity contribution in [2.75, 3.05) is 11.5 Å². The smallest absolute Gasteiger partial charge is 0.303 e. The molecule has 1 saturated heterocycles. The number of furan rings is 1. The van der Waals surface area contributed by atoms with Crippen molar-refractivity contribution in [3.8, 4) is 0 Å². The third-order valence-electron chi connectivity index (χ3n) is 10.9. The minimum Gasteiger partial charge on any atom is -0.472 e. The van der Waals surface area contributed by atoms with Crippen molar-refractivity contribution in [1.29, 1.82) is 0 Å². The molecule has 5 rings (SSSR count). The third-order valence-corrected chi connectivity index (χ3v) is 14.5. The Morgan fingerprint density at radius 1 is 1.06 bits per heavy atom. The van der Waals surface area contributed by atoms with Crippen molar-refractivity contribution in [3.05, 3.63) is 24.2 Å². The largest absolute Gasteiger partial charge is 0.472 e. The van der Waals surface area contributed by atoms with Gasteiger partial charge in [-0.1, -0.05) is 41.0 Å². The highest BCUT2D eigenvalue weighted by atomic mass is 32.2. The van der Waals surface area contributed by atoms with E-state index in [1.165, 1.54) is 50.0 Å². The monoisotopic (exact) mass is 504 g/mol. The van der Waals surface area contributed by atoms with Gasteiger partial charge in [-0.2, -0.15) is 0 Å². The van der Waals surface area contributed by atoms with E-state index in [4.69, 9.17) is 9.15 Å². The van der Waals surface area contributed by atoms with Gasteiger partial charge in [-0.05, 0) is 84.0 Å². The second kappa shape index (κ2) is 8.78. The van der Waals surface area contributed by atoms with Crippen molar-refractivity contribution in [2.45, 2.75) is 97.2 Å². The number of thioether (sulfide) groups is 2. The Kier molecular flexibility index (Phi) is 6.49. The summed E-state index contributed by atoms with van der Waals surface area (Å²) in [7, 11) is 0. The molecule has 0 unspecified atom stereocenters. The van der Waals surface area contributed by atoms with Crippen molar-refractivity contribution < 1.29 is 13.9 Å². The predicted molar refractivity (Wildman–Crippen MR) is 143 cm³/mol. The van der Waals surface area contributed by atoms with Crippen LogP contribution in [0.1, 0.15) is 98.2 Å². The second-order valence-corrected chi connectivity index (χ2v) is 15.9. The second-order valence-electron chi connectivity index (χ2n) is 13.2. The average Bonchev–Trinajstić information content (AvgIpc) is 3.50. The van der Waals surface area contributed by atoms with Gasteiger partial charge in [0.1, 0.15) is 6.10 Å². The molecule has 0 bridgehead atoms. The van der Waals surface area contributed by atoms with E-state index < -0.39 is 0 Å². The maximum atomic E-state index is 12.2. The number of ether oxygens (including phenoxy) is 1. The number of esters is 1. The lowest BCUT2D eigenvalue weighted by Gasteiger charge is -2.62. The van der Waals surface area contributed by atoms with Crippen LogP contribution in [0, 0.1) is 39.4 Å². The fourth-order valence-electron chi connectivity index (χ4n) is 9.57. The molecule has 190 valence electrons. The Hall–Kier alpha value is -0.550. The first-order valence-corrected chi connectivity index (χ1v) is 15.5. The van der Waals surface area contributed by atoms with Gasteiger partial charge in [0.05, 0.1) is 17.1 Å². The van der Waals surface area contributed by atoms with Gasteiger partial charge in [-0.15, -0.1) is 23.5 Å². The molecule has 3 nitrogen and oxygen atoms in total. The van der Waals surface area contributed by atoms with Gasteiger partial charge in [0.2, 0.25) is 0 Å². The highest BCUT2D eigenvalue weighted by molar-refractivity contribution is 8.20. The molecule has 4 fully saturated rings. The van der Waals surface area contributed by atoms with Gasteiger partial charge in [0.15, 0.2) is 0 Å². The first-order chi connectivity index (χ1) is 16.0. The molecule has 0 N–H and O–H groups in total. The van der Waals surface area contributed by atoms with E-state index in [2.05, 4.69) is 58.1 Å². The van der Waals surface area contributed by atoms with Crippen LogP contribution in [-0.2, 0) is 9.53 Å². The van der Waals surface area contributed by atoms with Gasteiger partial charge in [-0.25, -0.2) is 0 Å². The molecule has 1 aliphatic heterocycles. The van der Waals surface area contributed by atoms with Gasteiger partial charge in [0.25, 0.3) is 0 Å². The van der Waals surface area contributed by atoms with E-state index in [0.717, 1.165) is 23.8 Å². The summed E-state index contributed by atoms with van der Waals surface area (Å²) in [6, 6.07) is 1.99. The minimum atomic E-state index is -0.221. The first kappa shape index (κ1) is 25.1. The molecule has 7 atom stereocenters. The van der Waals surface area contributed by atoms with Gasteiger partial charge in [-0.3, -0.25) is 4.79 Å². The Morgan fingerprint density at radius 3 is 2.44 bits per heavy atom. The zero-order chi connectivity index (χ0) is 24.4. The Morgan fingerprint density at radius 2 is 1.79 bits per heavy atom. The average molecular weight is 505 g/mol. The highest BCUT2D eigenvalue weighted by Gasteiger charge is 2.68. The summed E-state index contributed by atoms with van der Waals surface area (Å²) in [6.45, 7) is 14.5. The number of carbonyl (C=O) groups is 1. The van der Waals surface area contributed by atoms with Crippen LogP contribution in [0.15, 0.2) is 23.0 Å². The van der Waals surface area contributed by atoms with Gasteiger partial charge < -0.3 is 9.15 Å². The lowest BCUT2D eigenvalue weighted by atomic mass is 9.43. The number of hydrogen-bond acceptors (Lipinski definition) is 5. The molecule has 0 amide bonds. The topological polar surface area (TPSA) is 39.4 Å². The minimum absolute atomic E-state index is 0.193. The Labute approximate surface area is 215 Å². The molecule has 34 heavy (non-hydrogen) atoms. The van der Waals surface area contributed by atoms with E-state index in [1.807, 2.05) is 6.07 Å². The van der Waals surface area contributed by atoms with Crippen LogP contribution < -0.4 is 0 Å². The zero-order valence-electron chi connectivity index (χ0n) is 22.0. The normalized spacial score (nSPS) is 42.7. The number of fused-ring (bicyclic) bond motifs is 3. The molecule has 1 aromatic heterocycles. The van der Waals surface area contributed by atoms with Crippen LogP contribution in [0.2, 0.25) is 0 Å². The molecule has 3 saturated carbocycles. The Balaban J connectivity index is 1.55. The molecular weight excluding hydrogens is 460 g/mol. The lowest BCUT2D eigenvalue weighted by Crippen LogP contribution is -2.54. The molecule has 4 aliphatic rings. The number of carbonyl (C=O) groups excluding carboxylic acids is 1. The molecule has 2 heterocycles. The molecule has 3 aliphatic carbocycles. The maximum absolute atomic E-state index is 12.2. The maximum Gasteiger partial charge on any atom is 0.303 e. The Bertz CT molecular complexity index is 891. The van der Waals surface area contributed by atoms with Crippen LogP contribution >= 0.6 is 23.5 Å². The van der Waals surface area contributed by atoms with Crippen molar-refractivity contribution in [3.63, 3.8) is 0 Å². The van der Waals surface area contributed by atoms with E-state index in [0.29, 0.717) is 21.3 Å². The zero-order valence-corrected chi connectivity index (χ0v) is 23.7. The van der Waals surface area contributed by atoms with E-state index in [-0.39, 0.29) is 22.9 Å². The summed E-state index contributed by atoms with van der Waals surface area (Å²) >= 11 is 4.38. The fourth-order valence-corrected chi connectivity index (χ4v) is 13.0. The van der Waals surface area contributed by atoms with E-state index in [9.17, 15) is 4.79 Å². The number of hydrogen-bond donors (Lipinski definition) is 0. The van der Waals surface area contributed by atoms with Gasteiger partial charge in [0, 0.05) is 24.0 Å². The molecular formula is C29H44O3S2. The van der Waals surface area contributed by atoms with E-state index >= 15 is 0 Å². The standard InChI is InChI=1S/C29H44O3S2/c1-19(30)32-21(20-9-13-31-18-20)16-23-28(5)12-8-22-26(2,3)10-7-11-27(22,4)24(28)17-29(23,6)25-33-14-15-34-25/h9,13,18,21-25H,7-8,10-12,14-17H2,1-6H3/t21-,22+,23+,24-,27+,28+,29+/m1/s1. The third kappa shape index (κ3) is 3.90. The molecule has 0 radical (unpaired) electrons. The summed E-state index contributed by atoms with van der Waals surface area (Å²) in [5, 5.41) is 0. The van der Waals surface area contributed by atoms with Crippen LogP contribution in [-0.4, -0.2) is 22.1 Å². The summed E-state index contributed by atoms with van der Waals surface area (Å²) in [4.78, 5) is 12.2. The van der Waals surface area contributed by atoms with Crippen LogP contribution in [0.4, 0.5) is 0 Å². The van der Waals surface area contributed by atoms with Crippen LogP contribution in [0.5, 0.6) is 0 Å². The lowest BCUT2D eigenvalue weighted by molar-refractivity contribution is -0.151. The predicted octanol–water partition coefficient (Wildman–Crippen LogP) is 8.36. The fraction of sp³-hybridized carbons (Fsp3) is 0.828. The van der Waals surface area contributed by atoms with E-state index in [1.54, 1.807) is 19.5 Å². The van der Waals surface area contributed by atoms with Crippen molar-refractivity contribution in [2.24, 2.45) is 39.4 Å². The summed E-state index contributed by atoms with van der Waals surface area (Å²) in [6.07, 6.45) is 12.3. The van der Waals surface area contributed by atoms with Gasteiger partial charge >= 0.3 is 5.97 Å². The SMILES string of the molecule is CC(=O)O[C@H](C[C@H]1[C@]2(C)CC[C@H]3C(C)(C)CCC[C@]3(C)[C@H]2C[C@]1(C)C1SCCS1)c1ccoc1. The molecule has 1 aromatic rings. The quantitative estimate of drug-likeness (QED) is 0.377. The first-order valence-electron chi connectivity index (χ1n) is 13.4. The van der Waals surface area contributed by atoms with Crippen molar-refractivity contribution >= 4 is 29.5 Å². The van der Waals surface area contributed by atoms with Crippen LogP contribution in [0.3, 0.4) is 0 Å². The highest BCUT2D eigenvalue weighted by Crippen LogP contribution is 2.76. The van der Waals surface area contributed by atoms with Crippen LogP contribution in [0.25, 0.3) is 0 Å². The number of rotatable bonds is 5. The van der Waals surface area contributed by atoms with Crippen molar-refractivity contribution in [1.82, 2.24) is 0 Å². The summed E-state index contributed by atoms with van der Waals surface area (Å²) in [5.74, 6) is 4.41. The molecule has 5 heteroatoms.